The lowest BCUT2D eigenvalue weighted by molar-refractivity contribution is 0.188. The largest absolute Gasteiger partial charge is 0.470 e. The lowest BCUT2D eigenvalue weighted by Gasteiger charge is -2.16. The lowest BCUT2D eigenvalue weighted by Crippen LogP contribution is -2.14. The second-order valence-corrected chi connectivity index (χ2v) is 6.60. The number of ether oxygens (including phenoxy) is 2. The van der Waals surface area contributed by atoms with E-state index in [1.807, 2.05) is 36.4 Å². The van der Waals surface area contributed by atoms with Crippen molar-refractivity contribution in [2.24, 2.45) is 9.98 Å². The van der Waals surface area contributed by atoms with E-state index in [4.69, 9.17) is 9.47 Å². The summed E-state index contributed by atoms with van der Waals surface area (Å²) in [6.45, 7) is 4.16. The maximum atomic E-state index is 6.09. The minimum Gasteiger partial charge on any atom is -0.470 e. The average Bonchev–Trinajstić information content (AvgIpc) is 3.19. The smallest absolute Gasteiger partial charge is 0.193 e. The van der Waals surface area contributed by atoms with Crippen LogP contribution in [-0.2, 0) is 9.47 Å². The van der Waals surface area contributed by atoms with Crippen molar-refractivity contribution >= 4 is 11.8 Å². The standard InChI is InChI=1S/C21H22N2O2/c1-14-20(16-9-5-3-6-10-16)24-18(22-14)13-19-23-15(2)21(25-19)17-11-7-4-8-12-17/h3-12,14-15,20-21H,13H2,1-2H3/t14-,15-,20-,21-/m1/s1. The van der Waals surface area contributed by atoms with Gasteiger partial charge in [0.1, 0.15) is 12.2 Å². The van der Waals surface area contributed by atoms with Crippen LogP contribution in [0.3, 0.4) is 0 Å². The molecule has 2 aliphatic heterocycles. The van der Waals surface area contributed by atoms with Gasteiger partial charge in [-0.25, -0.2) is 9.98 Å². The quantitative estimate of drug-likeness (QED) is 0.826. The maximum Gasteiger partial charge on any atom is 0.193 e. The van der Waals surface area contributed by atoms with Gasteiger partial charge >= 0.3 is 0 Å². The van der Waals surface area contributed by atoms with Crippen molar-refractivity contribution in [1.29, 1.82) is 0 Å². The van der Waals surface area contributed by atoms with Crippen LogP contribution >= 0.6 is 0 Å². The van der Waals surface area contributed by atoms with Crippen molar-refractivity contribution in [3.05, 3.63) is 71.8 Å². The second-order valence-electron chi connectivity index (χ2n) is 6.60. The summed E-state index contributed by atoms with van der Waals surface area (Å²) in [6, 6.07) is 20.6. The number of benzene rings is 2. The van der Waals surface area contributed by atoms with Gasteiger partial charge in [-0.3, -0.25) is 0 Å². The van der Waals surface area contributed by atoms with Crippen molar-refractivity contribution in [2.45, 2.75) is 44.6 Å². The van der Waals surface area contributed by atoms with Crippen molar-refractivity contribution in [3.8, 4) is 0 Å². The second kappa shape index (κ2) is 6.71. The van der Waals surface area contributed by atoms with E-state index < -0.39 is 0 Å². The molecule has 128 valence electrons. The summed E-state index contributed by atoms with van der Waals surface area (Å²) in [7, 11) is 0. The molecule has 0 fully saturated rings. The van der Waals surface area contributed by atoms with Crippen LogP contribution in [0.15, 0.2) is 70.6 Å². The van der Waals surface area contributed by atoms with Crippen molar-refractivity contribution in [3.63, 3.8) is 0 Å². The molecule has 4 atom stereocenters. The fourth-order valence-electron chi connectivity index (χ4n) is 3.42. The third-order valence-corrected chi connectivity index (χ3v) is 4.66. The summed E-state index contributed by atoms with van der Waals surface area (Å²) < 4.78 is 12.2. The fraction of sp³-hybridized carbons (Fsp3) is 0.333. The number of aliphatic imine (C=N–C) groups is 2. The Hall–Kier alpha value is -2.62. The highest BCUT2D eigenvalue weighted by atomic mass is 16.5. The highest BCUT2D eigenvalue weighted by Crippen LogP contribution is 2.33. The predicted octanol–water partition coefficient (Wildman–Crippen LogP) is 4.49. The molecular weight excluding hydrogens is 312 g/mol. The van der Waals surface area contributed by atoms with Gasteiger partial charge in [-0.1, -0.05) is 60.7 Å². The monoisotopic (exact) mass is 334 g/mol. The van der Waals surface area contributed by atoms with Crippen LogP contribution in [0.5, 0.6) is 0 Å². The molecule has 25 heavy (non-hydrogen) atoms. The van der Waals surface area contributed by atoms with Crippen molar-refractivity contribution < 1.29 is 9.47 Å². The van der Waals surface area contributed by atoms with E-state index in [9.17, 15) is 0 Å². The first kappa shape index (κ1) is 15.9. The zero-order valence-electron chi connectivity index (χ0n) is 14.5. The highest BCUT2D eigenvalue weighted by molar-refractivity contribution is 5.98. The fourth-order valence-corrected chi connectivity index (χ4v) is 3.42. The third kappa shape index (κ3) is 3.29. The van der Waals surface area contributed by atoms with Gasteiger partial charge in [0.15, 0.2) is 11.8 Å². The van der Waals surface area contributed by atoms with E-state index in [1.54, 1.807) is 0 Å². The molecular formula is C21H22N2O2. The Morgan fingerprint density at radius 2 is 1.08 bits per heavy atom. The normalized spacial score (nSPS) is 28.1. The van der Waals surface area contributed by atoms with E-state index in [1.165, 1.54) is 0 Å². The Labute approximate surface area is 148 Å². The summed E-state index contributed by atoms with van der Waals surface area (Å²) in [6.07, 6.45) is 0.461. The van der Waals surface area contributed by atoms with Crippen LogP contribution in [0.2, 0.25) is 0 Å². The molecule has 0 aromatic heterocycles. The average molecular weight is 334 g/mol. The maximum absolute atomic E-state index is 6.09. The van der Waals surface area contributed by atoms with Gasteiger partial charge in [0.2, 0.25) is 0 Å². The molecule has 4 heteroatoms. The topological polar surface area (TPSA) is 43.2 Å². The minimum absolute atomic E-state index is 0.0273. The van der Waals surface area contributed by atoms with Crippen molar-refractivity contribution in [2.75, 3.05) is 0 Å². The molecule has 4 nitrogen and oxygen atoms in total. The van der Waals surface area contributed by atoms with E-state index in [0.717, 1.165) is 11.1 Å². The molecule has 0 amide bonds. The molecule has 2 aromatic rings. The molecule has 0 saturated carbocycles. The Morgan fingerprint density at radius 3 is 1.48 bits per heavy atom. The van der Waals surface area contributed by atoms with E-state index in [2.05, 4.69) is 48.1 Å². The third-order valence-electron chi connectivity index (χ3n) is 4.66. The molecule has 0 saturated heterocycles. The van der Waals surface area contributed by atoms with Crippen LogP contribution in [0.4, 0.5) is 0 Å². The number of hydrogen-bond donors (Lipinski definition) is 0. The van der Waals surface area contributed by atoms with Gasteiger partial charge in [-0.05, 0) is 25.0 Å². The molecule has 0 aliphatic carbocycles. The van der Waals surface area contributed by atoms with Crippen LogP contribution in [0, 0.1) is 0 Å². The predicted molar refractivity (Wildman–Crippen MR) is 98.9 cm³/mol. The number of rotatable bonds is 4. The Balaban J connectivity index is 1.42. The first-order chi connectivity index (χ1) is 12.2. The SMILES string of the molecule is C[C@H]1N=C(CC2=N[C@H](C)[C@H](c3ccccc3)O2)O[C@H]1c1ccccc1. The summed E-state index contributed by atoms with van der Waals surface area (Å²) in [5.41, 5.74) is 2.30. The van der Waals surface area contributed by atoms with E-state index >= 15 is 0 Å². The van der Waals surface area contributed by atoms with Crippen LogP contribution in [0.1, 0.15) is 43.6 Å². The van der Waals surface area contributed by atoms with Gasteiger partial charge in [-0.2, -0.15) is 0 Å². The summed E-state index contributed by atoms with van der Waals surface area (Å²) in [4.78, 5) is 9.33. The van der Waals surface area contributed by atoms with Gasteiger partial charge in [0.25, 0.3) is 0 Å². The Bertz CT molecular complexity index is 719. The first-order valence-corrected chi connectivity index (χ1v) is 8.77. The van der Waals surface area contributed by atoms with Gasteiger partial charge in [0, 0.05) is 0 Å². The Kier molecular flexibility index (Phi) is 4.26. The zero-order chi connectivity index (χ0) is 17.2. The van der Waals surface area contributed by atoms with E-state index in [0.29, 0.717) is 18.2 Å². The number of nitrogens with zero attached hydrogens (tertiary/aromatic N) is 2. The summed E-state index contributed by atoms with van der Waals surface area (Å²) in [5, 5.41) is 0. The van der Waals surface area contributed by atoms with Crippen LogP contribution < -0.4 is 0 Å². The summed E-state index contributed by atoms with van der Waals surface area (Å²) >= 11 is 0. The molecule has 2 aromatic carbocycles. The molecule has 0 spiro atoms. The number of hydrogen-bond acceptors (Lipinski definition) is 4. The lowest BCUT2D eigenvalue weighted by atomic mass is 10.0. The molecule has 4 rings (SSSR count). The molecule has 2 aliphatic rings. The highest BCUT2D eigenvalue weighted by Gasteiger charge is 2.33. The van der Waals surface area contributed by atoms with Gasteiger partial charge in [0.05, 0.1) is 18.5 Å². The Morgan fingerprint density at radius 1 is 0.680 bits per heavy atom. The zero-order valence-corrected chi connectivity index (χ0v) is 14.5. The van der Waals surface area contributed by atoms with Crippen molar-refractivity contribution in [1.82, 2.24) is 0 Å². The van der Waals surface area contributed by atoms with Crippen LogP contribution in [0.25, 0.3) is 0 Å². The van der Waals surface area contributed by atoms with E-state index in [-0.39, 0.29) is 24.3 Å². The molecule has 2 heterocycles. The molecule has 0 N–H and O–H groups in total. The summed E-state index contributed by atoms with van der Waals surface area (Å²) in [5.74, 6) is 1.42. The van der Waals surface area contributed by atoms with Gasteiger partial charge < -0.3 is 9.47 Å². The van der Waals surface area contributed by atoms with Gasteiger partial charge in [-0.15, -0.1) is 0 Å². The first-order valence-electron chi connectivity index (χ1n) is 8.77. The molecule has 0 bridgehead atoms. The molecule has 0 radical (unpaired) electrons. The minimum atomic E-state index is -0.0273. The molecule has 0 unspecified atom stereocenters. The van der Waals surface area contributed by atoms with Crippen LogP contribution in [-0.4, -0.2) is 23.9 Å².